The summed E-state index contributed by atoms with van der Waals surface area (Å²) in [5.41, 5.74) is 2.19. The van der Waals surface area contributed by atoms with Crippen molar-refractivity contribution in [3.05, 3.63) is 35.5 Å². The Morgan fingerprint density at radius 2 is 2.33 bits per heavy atom. The van der Waals surface area contributed by atoms with E-state index in [0.717, 1.165) is 44.5 Å². The zero-order valence-corrected chi connectivity index (χ0v) is 12.3. The van der Waals surface area contributed by atoms with E-state index in [4.69, 9.17) is 4.74 Å². The van der Waals surface area contributed by atoms with Crippen LogP contribution in [-0.2, 0) is 9.53 Å². The second-order valence-corrected chi connectivity index (χ2v) is 6.38. The van der Waals surface area contributed by atoms with E-state index in [1.54, 1.807) is 0 Å². The molecule has 0 aromatic heterocycles. The quantitative estimate of drug-likeness (QED) is 0.849. The van der Waals surface area contributed by atoms with Crippen molar-refractivity contribution in [3.63, 3.8) is 0 Å². The van der Waals surface area contributed by atoms with Gasteiger partial charge in [-0.15, -0.1) is 0 Å². The molecule has 0 bridgehead atoms. The van der Waals surface area contributed by atoms with Crippen LogP contribution in [0.2, 0.25) is 0 Å². The van der Waals surface area contributed by atoms with Gasteiger partial charge in [-0.05, 0) is 30.9 Å². The molecule has 0 aromatic rings. The average molecular weight is 286 g/mol. The molecule has 3 atom stereocenters. The predicted molar refractivity (Wildman–Crippen MR) is 80.8 cm³/mol. The fourth-order valence-corrected chi connectivity index (χ4v) is 3.96. The van der Waals surface area contributed by atoms with Crippen LogP contribution in [0.25, 0.3) is 0 Å². The third-order valence-corrected chi connectivity index (χ3v) is 5.02. The Bertz CT molecular complexity index is 529. The third kappa shape index (κ3) is 2.36. The van der Waals surface area contributed by atoms with Crippen molar-refractivity contribution in [2.75, 3.05) is 26.2 Å². The maximum absolute atomic E-state index is 12.6. The van der Waals surface area contributed by atoms with E-state index in [-0.39, 0.29) is 5.91 Å². The van der Waals surface area contributed by atoms with Gasteiger partial charge in [0, 0.05) is 37.7 Å². The Labute approximate surface area is 125 Å². The molecule has 112 valence electrons. The second kappa shape index (κ2) is 5.43. The summed E-state index contributed by atoms with van der Waals surface area (Å²) in [6.07, 6.45) is 12.4. The SMILES string of the molecule is O=C1C(CNCC2CCCO2)=CC2=CC=CC3CCN1C23. The lowest BCUT2D eigenvalue weighted by Gasteiger charge is -2.34. The van der Waals surface area contributed by atoms with E-state index in [0.29, 0.717) is 24.6 Å². The number of allylic oxidation sites excluding steroid dienone is 2. The molecule has 4 aliphatic rings. The van der Waals surface area contributed by atoms with E-state index in [2.05, 4.69) is 34.5 Å². The van der Waals surface area contributed by atoms with E-state index in [1.165, 1.54) is 5.57 Å². The molecule has 2 saturated heterocycles. The molecule has 0 saturated carbocycles. The molecule has 2 fully saturated rings. The van der Waals surface area contributed by atoms with Crippen LogP contribution < -0.4 is 5.32 Å². The number of nitrogens with one attached hydrogen (secondary N) is 1. The van der Waals surface area contributed by atoms with Crippen LogP contribution in [0.15, 0.2) is 35.5 Å². The van der Waals surface area contributed by atoms with Gasteiger partial charge in [0.15, 0.2) is 0 Å². The minimum atomic E-state index is 0.217. The molecule has 1 aliphatic carbocycles. The molecule has 21 heavy (non-hydrogen) atoms. The molecular formula is C17H22N2O2. The minimum Gasteiger partial charge on any atom is -0.377 e. The average Bonchev–Trinajstić information content (AvgIpc) is 3.14. The van der Waals surface area contributed by atoms with Crippen molar-refractivity contribution in [2.24, 2.45) is 5.92 Å². The summed E-state index contributed by atoms with van der Waals surface area (Å²) >= 11 is 0. The standard InChI is InChI=1S/C17H22N2O2/c20-17-14(10-18-11-15-5-2-8-21-15)9-13-4-1-3-12-6-7-19(17)16(12)13/h1,3-4,9,12,15-16,18H,2,5-8,10-11H2. The number of amides is 1. The molecular weight excluding hydrogens is 264 g/mol. The number of ether oxygens (including phenoxy) is 1. The second-order valence-electron chi connectivity index (χ2n) is 6.38. The van der Waals surface area contributed by atoms with Crippen molar-refractivity contribution < 1.29 is 9.53 Å². The topological polar surface area (TPSA) is 41.6 Å². The third-order valence-electron chi connectivity index (χ3n) is 5.02. The fourth-order valence-electron chi connectivity index (χ4n) is 3.96. The zero-order chi connectivity index (χ0) is 14.2. The van der Waals surface area contributed by atoms with Crippen LogP contribution in [0.3, 0.4) is 0 Å². The first-order chi connectivity index (χ1) is 10.3. The monoisotopic (exact) mass is 286 g/mol. The molecule has 1 N–H and O–H groups in total. The first-order valence-electron chi connectivity index (χ1n) is 8.05. The summed E-state index contributed by atoms with van der Waals surface area (Å²) < 4.78 is 5.61. The van der Waals surface area contributed by atoms with E-state index in [1.807, 2.05) is 0 Å². The predicted octanol–water partition coefficient (Wildman–Crippen LogP) is 1.41. The van der Waals surface area contributed by atoms with Crippen molar-refractivity contribution in [3.8, 4) is 0 Å². The molecule has 4 nitrogen and oxygen atoms in total. The van der Waals surface area contributed by atoms with Crippen LogP contribution in [0.4, 0.5) is 0 Å². The lowest BCUT2D eigenvalue weighted by molar-refractivity contribution is -0.128. The van der Waals surface area contributed by atoms with Gasteiger partial charge < -0.3 is 15.0 Å². The van der Waals surface area contributed by atoms with Crippen LogP contribution >= 0.6 is 0 Å². The maximum atomic E-state index is 12.6. The Hall–Kier alpha value is -1.39. The number of carbonyl (C=O) groups excluding carboxylic acids is 1. The Morgan fingerprint density at radius 1 is 1.38 bits per heavy atom. The van der Waals surface area contributed by atoms with Crippen molar-refractivity contribution in [1.82, 2.24) is 10.2 Å². The maximum Gasteiger partial charge on any atom is 0.251 e. The molecule has 1 amide bonds. The Balaban J connectivity index is 1.44. The Kier molecular flexibility index (Phi) is 3.43. The van der Waals surface area contributed by atoms with Gasteiger partial charge in [0.1, 0.15) is 0 Å². The van der Waals surface area contributed by atoms with Crippen LogP contribution in [0.5, 0.6) is 0 Å². The van der Waals surface area contributed by atoms with Gasteiger partial charge in [-0.25, -0.2) is 0 Å². The van der Waals surface area contributed by atoms with Crippen molar-refractivity contribution >= 4 is 5.91 Å². The highest BCUT2D eigenvalue weighted by molar-refractivity contribution is 5.97. The van der Waals surface area contributed by atoms with Gasteiger partial charge in [0.2, 0.25) is 0 Å². The van der Waals surface area contributed by atoms with Gasteiger partial charge >= 0.3 is 0 Å². The lowest BCUT2D eigenvalue weighted by atomic mass is 9.86. The van der Waals surface area contributed by atoms with Crippen LogP contribution in [-0.4, -0.2) is 49.2 Å². The number of hydrogen-bond acceptors (Lipinski definition) is 3. The van der Waals surface area contributed by atoms with Crippen molar-refractivity contribution in [1.29, 1.82) is 0 Å². The summed E-state index contributed by atoms with van der Waals surface area (Å²) in [7, 11) is 0. The highest BCUT2D eigenvalue weighted by Crippen LogP contribution is 2.37. The lowest BCUT2D eigenvalue weighted by Crippen LogP contribution is -2.45. The van der Waals surface area contributed by atoms with E-state index >= 15 is 0 Å². The number of carbonyl (C=O) groups is 1. The summed E-state index contributed by atoms with van der Waals surface area (Å²) in [5, 5.41) is 3.40. The molecule has 0 aromatic carbocycles. The molecule has 3 unspecified atom stereocenters. The number of nitrogens with zero attached hydrogens (tertiary/aromatic N) is 1. The smallest absolute Gasteiger partial charge is 0.251 e. The summed E-state index contributed by atoms with van der Waals surface area (Å²) in [6.45, 7) is 3.26. The molecule has 0 spiro atoms. The molecule has 4 rings (SSSR count). The molecule has 4 heteroatoms. The van der Waals surface area contributed by atoms with Gasteiger partial charge in [-0.1, -0.05) is 18.2 Å². The molecule has 3 aliphatic heterocycles. The highest BCUT2D eigenvalue weighted by Gasteiger charge is 2.42. The van der Waals surface area contributed by atoms with Gasteiger partial charge in [0.25, 0.3) is 5.91 Å². The first-order valence-corrected chi connectivity index (χ1v) is 8.05. The van der Waals surface area contributed by atoms with Gasteiger partial charge in [0.05, 0.1) is 12.1 Å². The van der Waals surface area contributed by atoms with Crippen molar-refractivity contribution in [2.45, 2.75) is 31.4 Å². The summed E-state index contributed by atoms with van der Waals surface area (Å²) in [5.74, 6) is 0.737. The highest BCUT2D eigenvalue weighted by atomic mass is 16.5. The van der Waals surface area contributed by atoms with Gasteiger partial charge in [-0.3, -0.25) is 4.79 Å². The van der Waals surface area contributed by atoms with E-state index < -0.39 is 0 Å². The summed E-state index contributed by atoms with van der Waals surface area (Å²) in [4.78, 5) is 14.7. The number of rotatable bonds is 4. The normalized spacial score (nSPS) is 34.0. The number of hydrogen-bond donors (Lipinski definition) is 1. The van der Waals surface area contributed by atoms with Crippen LogP contribution in [0.1, 0.15) is 19.3 Å². The minimum absolute atomic E-state index is 0.217. The molecule has 0 radical (unpaired) electrons. The van der Waals surface area contributed by atoms with E-state index in [9.17, 15) is 4.79 Å². The fraction of sp³-hybridized carbons (Fsp3) is 0.588. The Morgan fingerprint density at radius 3 is 3.19 bits per heavy atom. The van der Waals surface area contributed by atoms with Gasteiger partial charge in [-0.2, -0.15) is 0 Å². The molecule has 3 heterocycles. The largest absolute Gasteiger partial charge is 0.377 e. The first kappa shape index (κ1) is 13.3. The zero-order valence-electron chi connectivity index (χ0n) is 12.3. The summed E-state index contributed by atoms with van der Waals surface area (Å²) in [6, 6.07) is 0.296. The van der Waals surface area contributed by atoms with Crippen LogP contribution in [0, 0.1) is 5.92 Å².